The van der Waals surface area contributed by atoms with E-state index in [1.807, 2.05) is 90.1 Å². The Hall–Kier alpha value is -8.67. The molecule has 0 spiro atoms. The van der Waals surface area contributed by atoms with E-state index >= 15 is 0 Å². The van der Waals surface area contributed by atoms with Crippen LogP contribution in [0.25, 0.3) is 72.3 Å². The summed E-state index contributed by atoms with van der Waals surface area (Å²) in [4.78, 5) is 4.74. The standard InChI is InChI=1S/C83H78N4OSi.Pt/c1-56-45-78(84-54-71(56)57-29-18-14-19-30-57)87-73-40-27-26-39-69(73)70-43-42-65(53-75(70)87)88-64-32-28-31-63(52-64)85-55-86(74-44-41-58(48-76(74)85)59-46-60(80(2,3)4)49-61(47-59)81(5,6)7)79-72(83(11,12)13)50-62(82(8,9)10)51-77(79)89(66-33-20-15-21-34-66,67-35-22-16-23-36-67)68-37-24-17-25-38-68;/h14-51,54H,1-13H3;/q-2;/i1D3,14D,15D,16D,17D,18D,19D,20D,21D,22D,23D,24D,25D,29D,30D,33D,34D,35D,36D,37D,38D;. The number of rotatable bonds is 11. The van der Waals surface area contributed by atoms with Crippen LogP contribution in [0.2, 0.25) is 0 Å². The minimum absolute atomic E-state index is 0. The first-order valence-corrected chi connectivity index (χ1v) is 31.4. The predicted molar refractivity (Wildman–Crippen MR) is 374 cm³/mol. The maximum atomic E-state index is 10.2. The summed E-state index contributed by atoms with van der Waals surface area (Å²) in [6.45, 7) is 21.4. The van der Waals surface area contributed by atoms with Crippen molar-refractivity contribution in [1.82, 2.24) is 14.1 Å². The summed E-state index contributed by atoms with van der Waals surface area (Å²) in [5.74, 6) is 0.378. The van der Waals surface area contributed by atoms with Crippen LogP contribution < -0.4 is 30.1 Å². The summed E-state index contributed by atoms with van der Waals surface area (Å²) < 4.78 is 226. The second kappa shape index (κ2) is 23.6. The molecule has 0 aliphatic carbocycles. The first-order chi connectivity index (χ1) is 52.0. The third kappa shape index (κ3) is 11.3. The van der Waals surface area contributed by atoms with E-state index in [4.69, 9.17) is 24.8 Å². The van der Waals surface area contributed by atoms with Gasteiger partial charge in [-0.1, -0.05) is 270 Å². The molecule has 3 heterocycles. The van der Waals surface area contributed by atoms with Gasteiger partial charge >= 0.3 is 0 Å². The predicted octanol–water partition coefficient (Wildman–Crippen LogP) is 17.8. The molecule has 90 heavy (non-hydrogen) atoms. The fraction of sp³-hybridized carbons (Fsp3) is 0.205. The Morgan fingerprint density at radius 1 is 0.511 bits per heavy atom. The smallest absolute Gasteiger partial charge is 0.268 e. The van der Waals surface area contributed by atoms with Crippen molar-refractivity contribution in [1.29, 1.82) is 0 Å². The van der Waals surface area contributed by atoms with Crippen molar-refractivity contribution in [2.75, 3.05) is 0 Å². The van der Waals surface area contributed by atoms with Crippen LogP contribution in [0.4, 0.5) is 0 Å². The van der Waals surface area contributed by atoms with E-state index in [2.05, 4.69) is 78.2 Å². The third-order valence-corrected chi connectivity index (χ3v) is 20.5. The molecule has 10 aromatic carbocycles. The molecule has 0 N–H and O–H groups in total. The Balaban J connectivity index is 0.0000118. The maximum absolute atomic E-state index is 10.2. The van der Waals surface area contributed by atoms with Gasteiger partial charge in [0.05, 0.1) is 44.1 Å². The van der Waals surface area contributed by atoms with E-state index in [1.165, 1.54) is 12.3 Å². The summed E-state index contributed by atoms with van der Waals surface area (Å²) in [6, 6.07) is 23.3. The number of ether oxygens (including phenoxy) is 1. The number of nitrogens with zero attached hydrogens (tertiary/aromatic N) is 4. The van der Waals surface area contributed by atoms with Gasteiger partial charge in [0.1, 0.15) is 5.82 Å². The fourth-order valence-corrected chi connectivity index (χ4v) is 15.6. The van der Waals surface area contributed by atoms with Crippen molar-refractivity contribution in [2.24, 2.45) is 0 Å². The number of benzene rings is 10. The van der Waals surface area contributed by atoms with Gasteiger partial charge in [-0.3, -0.25) is 4.57 Å². The average Bonchev–Trinajstić information content (AvgIpc) is 1.65. The Labute approximate surface area is 580 Å². The van der Waals surface area contributed by atoms with Gasteiger partial charge in [0.25, 0.3) is 6.33 Å². The molecule has 5 nitrogen and oxygen atoms in total. The number of aryl methyl sites for hydroxylation is 1. The zero-order chi connectivity index (χ0) is 82.1. The first-order valence-electron chi connectivity index (χ1n) is 40.9. The van der Waals surface area contributed by atoms with Crippen LogP contribution in [0, 0.1) is 25.3 Å². The number of aromatic nitrogens is 4. The largest absolute Gasteiger partial charge is 0.510 e. The molecule has 0 radical (unpaired) electrons. The Kier molecular flexibility index (Phi) is 10.3. The molecule has 0 atom stereocenters. The molecule has 0 unspecified atom stereocenters. The molecule has 0 saturated heterocycles. The van der Waals surface area contributed by atoms with Gasteiger partial charge in [-0.2, -0.15) is 18.2 Å². The van der Waals surface area contributed by atoms with Gasteiger partial charge < -0.3 is 13.9 Å². The van der Waals surface area contributed by atoms with E-state index in [0.29, 0.717) is 44.3 Å². The number of fused-ring (bicyclic) bond motifs is 4. The summed E-state index contributed by atoms with van der Waals surface area (Å²) in [7, 11) is -5.93. The second-order valence-electron chi connectivity index (χ2n) is 26.5. The molecular formula is C83H78N4OPtSi-2. The zero-order valence-electron chi connectivity index (χ0n) is 75.0. The van der Waals surface area contributed by atoms with E-state index in [0.717, 1.165) is 27.6 Å². The summed E-state index contributed by atoms with van der Waals surface area (Å²) >= 11 is 0. The third-order valence-electron chi connectivity index (χ3n) is 16.4. The van der Waals surface area contributed by atoms with Crippen molar-refractivity contribution in [3.63, 3.8) is 0 Å². The van der Waals surface area contributed by atoms with Gasteiger partial charge in [0.2, 0.25) is 0 Å². The van der Waals surface area contributed by atoms with E-state index < -0.39 is 162 Å². The van der Waals surface area contributed by atoms with E-state index in [-0.39, 0.29) is 76.8 Å². The van der Waals surface area contributed by atoms with Gasteiger partial charge in [0, 0.05) is 54.0 Å². The molecule has 0 aliphatic heterocycles. The van der Waals surface area contributed by atoms with Crippen LogP contribution in [-0.4, -0.2) is 22.2 Å². The Bertz CT molecular complexity index is 5860. The van der Waals surface area contributed by atoms with Crippen molar-refractivity contribution in [3.8, 4) is 50.9 Å². The monoisotopic (exact) mass is 1390 g/mol. The van der Waals surface area contributed by atoms with Gasteiger partial charge in [-0.25, -0.2) is 4.98 Å². The molecule has 3 aromatic heterocycles. The van der Waals surface area contributed by atoms with Crippen LogP contribution in [-0.2, 0) is 42.7 Å². The molecule has 13 rings (SSSR count). The van der Waals surface area contributed by atoms with Crippen LogP contribution in [0.3, 0.4) is 0 Å². The molecule has 13 aromatic rings. The van der Waals surface area contributed by atoms with Crippen LogP contribution in [0.5, 0.6) is 11.5 Å². The number of hydrogen-bond acceptors (Lipinski definition) is 2. The first kappa shape index (κ1) is 39.5. The quantitative estimate of drug-likeness (QED) is 0.0560. The topological polar surface area (TPSA) is 35.9 Å². The molecule has 0 bridgehead atoms. The molecule has 0 saturated carbocycles. The molecule has 0 amide bonds. The van der Waals surface area contributed by atoms with Crippen LogP contribution in [0.1, 0.15) is 142 Å². The number of hydrogen-bond donors (Lipinski definition) is 0. The number of pyridine rings is 1. The van der Waals surface area contributed by atoms with E-state index in [9.17, 15) is 16.4 Å². The van der Waals surface area contributed by atoms with E-state index in [1.54, 1.807) is 50.1 Å². The summed E-state index contributed by atoms with van der Waals surface area (Å²) in [6.07, 6.45) is 4.85. The minimum atomic E-state index is -5.93. The Morgan fingerprint density at radius 3 is 1.68 bits per heavy atom. The molecule has 0 fully saturated rings. The number of para-hydroxylation sites is 1. The van der Waals surface area contributed by atoms with Gasteiger partial charge in [0.15, 0.2) is 8.07 Å². The summed E-state index contributed by atoms with van der Waals surface area (Å²) in [5, 5.41) is -0.667. The molecule has 7 heteroatoms. The van der Waals surface area contributed by atoms with Crippen molar-refractivity contribution in [3.05, 3.63) is 283 Å². The fourth-order valence-electron chi connectivity index (χ4n) is 11.6. The minimum Gasteiger partial charge on any atom is -0.510 e. The van der Waals surface area contributed by atoms with Crippen LogP contribution in [0.15, 0.2) is 236 Å². The van der Waals surface area contributed by atoms with Gasteiger partial charge in [-0.05, 0) is 123 Å². The van der Waals surface area contributed by atoms with Crippen molar-refractivity contribution in [2.45, 2.75) is 112 Å². The molecular weight excluding hydrogens is 1290 g/mol. The van der Waals surface area contributed by atoms with Crippen molar-refractivity contribution < 1.29 is 61.9 Å². The Morgan fingerprint density at radius 2 is 1.09 bits per heavy atom. The SMILES string of the molecule is [2H]c1c([2H])c([2H])c(-c2cnc(-n3c4[c-]c(Oc5[c-]c(-n6[c-][n+](-c7c(C(C)(C)C)cc(C(C)(C)C)cc7[Si](c7c([2H])c([2H])c([2H])c([2H])c7[2H])(c7c([2H])c([2H])c([2H])c([2H])c7[2H])c7c([2H])c([2H])c([2H])c([2H])c7[2H])c7ccc(-c8cc(C(C)(C)C)cc(C(C)(C)C)c8)cc76)ccc5)ccc4c4ccccc43)cc2C([2H])([2H])[2H])c([2H])c1[2H].[Pt]. The molecule has 0 aliphatic rings. The molecule has 452 valence electrons. The van der Waals surface area contributed by atoms with Gasteiger partial charge in [-0.15, -0.1) is 29.7 Å². The zero-order valence-corrected chi connectivity index (χ0v) is 55.3. The summed E-state index contributed by atoms with van der Waals surface area (Å²) in [5.41, 5.74) is 3.41. The van der Waals surface area contributed by atoms with Crippen molar-refractivity contribution >= 4 is 61.7 Å². The second-order valence-corrected chi connectivity index (χ2v) is 30.0. The normalized spacial score (nSPS) is 16.2. The number of imidazole rings is 1. The van der Waals surface area contributed by atoms with Crippen LogP contribution >= 0.6 is 0 Å². The average molecular weight is 1390 g/mol. The maximum Gasteiger partial charge on any atom is 0.268 e.